The molecule has 15 heavy (non-hydrogen) atoms. The van der Waals surface area contributed by atoms with E-state index >= 15 is 0 Å². The summed E-state index contributed by atoms with van der Waals surface area (Å²) < 4.78 is 0. The molecule has 0 saturated carbocycles. The zero-order valence-electron chi connectivity index (χ0n) is 9.14. The van der Waals surface area contributed by atoms with E-state index in [1.54, 1.807) is 13.8 Å². The molecule has 1 unspecified atom stereocenters. The third-order valence-corrected chi connectivity index (χ3v) is 2.81. The highest BCUT2D eigenvalue weighted by Gasteiger charge is 2.29. The Morgan fingerprint density at radius 3 is 2.40 bits per heavy atom. The maximum Gasteiger partial charge on any atom is 0.326 e. The zero-order valence-corrected chi connectivity index (χ0v) is 9.14. The van der Waals surface area contributed by atoms with Gasteiger partial charge in [-0.25, -0.2) is 4.79 Å². The average molecular weight is 211 g/mol. The van der Waals surface area contributed by atoms with Gasteiger partial charge < -0.3 is 10.0 Å². The van der Waals surface area contributed by atoms with E-state index in [1.807, 2.05) is 12.2 Å². The minimum Gasteiger partial charge on any atom is -0.480 e. The molecule has 0 radical (unpaired) electrons. The Morgan fingerprint density at radius 2 is 2.00 bits per heavy atom. The molecule has 4 heteroatoms. The van der Waals surface area contributed by atoms with Gasteiger partial charge in [-0.05, 0) is 26.7 Å². The molecule has 1 N–H and O–H groups in total. The number of carboxylic acids is 1. The van der Waals surface area contributed by atoms with Crippen molar-refractivity contribution in [3.63, 3.8) is 0 Å². The van der Waals surface area contributed by atoms with Gasteiger partial charge in [-0.15, -0.1) is 0 Å². The number of carboxylic acid groups (broad SMARTS) is 1. The van der Waals surface area contributed by atoms with Gasteiger partial charge in [0.05, 0.1) is 0 Å². The lowest BCUT2D eigenvalue weighted by Gasteiger charge is -2.27. The molecule has 0 fully saturated rings. The van der Waals surface area contributed by atoms with Crippen molar-refractivity contribution < 1.29 is 14.7 Å². The van der Waals surface area contributed by atoms with Crippen LogP contribution in [0.2, 0.25) is 0 Å². The Balaban J connectivity index is 2.65. The first-order valence-corrected chi connectivity index (χ1v) is 5.26. The molecular weight excluding hydrogens is 194 g/mol. The van der Waals surface area contributed by atoms with Crippen molar-refractivity contribution in [3.05, 3.63) is 12.2 Å². The van der Waals surface area contributed by atoms with Gasteiger partial charge >= 0.3 is 5.97 Å². The molecular formula is C11H17NO3. The third kappa shape index (κ3) is 2.58. The summed E-state index contributed by atoms with van der Waals surface area (Å²) in [5.41, 5.74) is 0. The van der Waals surface area contributed by atoms with Crippen LogP contribution in [0.25, 0.3) is 0 Å². The van der Waals surface area contributed by atoms with Crippen molar-refractivity contribution in [2.24, 2.45) is 5.92 Å². The topological polar surface area (TPSA) is 57.6 Å². The van der Waals surface area contributed by atoms with Gasteiger partial charge in [0.25, 0.3) is 0 Å². The predicted molar refractivity (Wildman–Crippen MR) is 56.3 cm³/mol. The van der Waals surface area contributed by atoms with Crippen LogP contribution < -0.4 is 0 Å². The molecule has 4 nitrogen and oxygen atoms in total. The van der Waals surface area contributed by atoms with Crippen LogP contribution in [0.4, 0.5) is 0 Å². The van der Waals surface area contributed by atoms with Crippen LogP contribution in [0.3, 0.4) is 0 Å². The largest absolute Gasteiger partial charge is 0.480 e. The monoisotopic (exact) mass is 211 g/mol. The van der Waals surface area contributed by atoms with Crippen LogP contribution >= 0.6 is 0 Å². The van der Waals surface area contributed by atoms with E-state index in [2.05, 4.69) is 0 Å². The number of hydrogen-bond acceptors (Lipinski definition) is 2. The van der Waals surface area contributed by atoms with Gasteiger partial charge in [0.2, 0.25) is 5.91 Å². The van der Waals surface area contributed by atoms with Crippen molar-refractivity contribution in [1.29, 1.82) is 0 Å². The Hall–Kier alpha value is -1.32. The maximum atomic E-state index is 11.9. The van der Waals surface area contributed by atoms with E-state index in [4.69, 9.17) is 5.11 Å². The first-order chi connectivity index (χ1) is 7.07. The van der Waals surface area contributed by atoms with Crippen LogP contribution in [-0.4, -0.2) is 34.5 Å². The number of likely N-dealkylation sites (N-methyl/N-ethyl adjacent to an activating group) is 1. The summed E-state index contributed by atoms with van der Waals surface area (Å²) >= 11 is 0. The first kappa shape index (κ1) is 11.8. The van der Waals surface area contributed by atoms with Gasteiger partial charge in [-0.3, -0.25) is 4.79 Å². The smallest absolute Gasteiger partial charge is 0.326 e. The van der Waals surface area contributed by atoms with E-state index in [-0.39, 0.29) is 11.8 Å². The molecule has 0 aromatic carbocycles. The number of aliphatic carboxylic acids is 1. The fourth-order valence-electron chi connectivity index (χ4n) is 1.81. The summed E-state index contributed by atoms with van der Waals surface area (Å²) in [7, 11) is 0. The Bertz CT molecular complexity index is 278. The zero-order chi connectivity index (χ0) is 11.4. The summed E-state index contributed by atoms with van der Waals surface area (Å²) in [6.45, 7) is 3.80. The number of allylic oxidation sites excluding steroid dienone is 2. The second-order valence-electron chi connectivity index (χ2n) is 3.78. The van der Waals surface area contributed by atoms with Crippen molar-refractivity contribution in [2.75, 3.05) is 6.54 Å². The highest BCUT2D eigenvalue weighted by Crippen LogP contribution is 2.21. The van der Waals surface area contributed by atoms with Gasteiger partial charge in [-0.2, -0.15) is 0 Å². The second kappa shape index (κ2) is 4.96. The highest BCUT2D eigenvalue weighted by atomic mass is 16.4. The van der Waals surface area contributed by atoms with Gasteiger partial charge in [0.1, 0.15) is 6.04 Å². The molecule has 0 aromatic rings. The van der Waals surface area contributed by atoms with E-state index in [9.17, 15) is 9.59 Å². The van der Waals surface area contributed by atoms with Crippen molar-refractivity contribution in [3.8, 4) is 0 Å². The van der Waals surface area contributed by atoms with Gasteiger partial charge in [-0.1, -0.05) is 12.2 Å². The quantitative estimate of drug-likeness (QED) is 0.712. The third-order valence-electron chi connectivity index (χ3n) is 2.81. The van der Waals surface area contributed by atoms with E-state index in [1.165, 1.54) is 4.90 Å². The number of amides is 1. The summed E-state index contributed by atoms with van der Waals surface area (Å²) in [5, 5.41) is 8.87. The minimum absolute atomic E-state index is 0.0441. The van der Waals surface area contributed by atoms with Gasteiger partial charge in [0.15, 0.2) is 0 Å². The fourth-order valence-corrected chi connectivity index (χ4v) is 1.81. The summed E-state index contributed by atoms with van der Waals surface area (Å²) in [6, 6.07) is -0.733. The average Bonchev–Trinajstić information content (AvgIpc) is 2.71. The molecule has 1 atom stereocenters. The Labute approximate surface area is 89.6 Å². The standard InChI is InChI=1S/C11H17NO3/c1-3-12(8(2)11(14)15)10(13)9-6-4-5-7-9/h4-5,8-9H,3,6-7H2,1-2H3,(H,14,15). The summed E-state index contributed by atoms with van der Waals surface area (Å²) in [5.74, 6) is -1.04. The number of hydrogen-bond donors (Lipinski definition) is 1. The van der Waals surface area contributed by atoms with Crippen molar-refractivity contribution >= 4 is 11.9 Å². The number of nitrogens with zero attached hydrogens (tertiary/aromatic N) is 1. The van der Waals surface area contributed by atoms with Crippen LogP contribution in [0, 0.1) is 5.92 Å². The maximum absolute atomic E-state index is 11.9. The number of carbonyl (C=O) groups is 2. The lowest BCUT2D eigenvalue weighted by Crippen LogP contribution is -2.45. The minimum atomic E-state index is -0.948. The molecule has 0 bridgehead atoms. The number of rotatable bonds is 4. The molecule has 1 rings (SSSR count). The molecule has 84 valence electrons. The molecule has 0 aliphatic heterocycles. The summed E-state index contributed by atoms with van der Waals surface area (Å²) in [6.07, 6.45) is 5.42. The number of carbonyl (C=O) groups excluding carboxylic acids is 1. The molecule has 1 amide bonds. The van der Waals surface area contributed by atoms with Crippen LogP contribution in [0.15, 0.2) is 12.2 Å². The normalized spacial score (nSPS) is 17.7. The van der Waals surface area contributed by atoms with Crippen molar-refractivity contribution in [2.45, 2.75) is 32.7 Å². The van der Waals surface area contributed by atoms with Crippen molar-refractivity contribution in [1.82, 2.24) is 4.90 Å². The lowest BCUT2D eigenvalue weighted by molar-refractivity contribution is -0.150. The molecule has 1 aliphatic carbocycles. The molecule has 0 aromatic heterocycles. The van der Waals surface area contributed by atoms with Crippen LogP contribution in [0.1, 0.15) is 26.7 Å². The predicted octanol–water partition coefficient (Wildman–Crippen LogP) is 1.27. The van der Waals surface area contributed by atoms with E-state index in [0.717, 1.165) is 12.8 Å². The van der Waals surface area contributed by atoms with Crippen LogP contribution in [-0.2, 0) is 9.59 Å². The first-order valence-electron chi connectivity index (χ1n) is 5.26. The molecule has 0 heterocycles. The van der Waals surface area contributed by atoms with E-state index in [0.29, 0.717) is 6.54 Å². The lowest BCUT2D eigenvalue weighted by atomic mass is 10.0. The second-order valence-corrected chi connectivity index (χ2v) is 3.78. The highest BCUT2D eigenvalue weighted by molar-refractivity contribution is 5.85. The SMILES string of the molecule is CCN(C(=O)C1CC=CC1)C(C)C(=O)O. The Morgan fingerprint density at radius 1 is 1.47 bits per heavy atom. The fraction of sp³-hybridized carbons (Fsp3) is 0.636. The Kier molecular flexibility index (Phi) is 3.88. The molecule has 1 aliphatic rings. The molecule has 0 spiro atoms. The van der Waals surface area contributed by atoms with Gasteiger partial charge in [0, 0.05) is 12.5 Å². The molecule has 0 saturated heterocycles. The van der Waals surface area contributed by atoms with Crippen LogP contribution in [0.5, 0.6) is 0 Å². The summed E-state index contributed by atoms with van der Waals surface area (Å²) in [4.78, 5) is 24.2. The van der Waals surface area contributed by atoms with E-state index < -0.39 is 12.0 Å².